The third kappa shape index (κ3) is 2.33. The first-order valence-electron chi connectivity index (χ1n) is 5.02. The lowest BCUT2D eigenvalue weighted by atomic mass is 9.95. The maximum atomic E-state index is 11.6. The minimum Gasteiger partial charge on any atom is -0.393 e. The molecule has 0 unspecified atom stereocenters. The second-order valence-corrected chi connectivity index (χ2v) is 4.94. The van der Waals surface area contributed by atoms with E-state index in [0.717, 1.165) is 0 Å². The van der Waals surface area contributed by atoms with Crippen molar-refractivity contribution in [3.8, 4) is 11.8 Å². The molecule has 2 atom stereocenters. The Hall–Kier alpha value is -1.15. The van der Waals surface area contributed by atoms with Gasteiger partial charge in [0.25, 0.3) is 0 Å². The quantitative estimate of drug-likeness (QED) is 0.531. The molecule has 1 aliphatic carbocycles. The van der Waals surface area contributed by atoms with Crippen molar-refractivity contribution >= 4 is 5.78 Å². The zero-order chi connectivity index (χ0) is 12.6. The predicted molar refractivity (Wildman–Crippen MR) is 58.4 cm³/mol. The molecule has 0 aliphatic heterocycles. The topological polar surface area (TPSA) is 77.8 Å². The van der Waals surface area contributed by atoms with Crippen LogP contribution in [0.25, 0.3) is 0 Å². The molecular formula is C12H16O4. The van der Waals surface area contributed by atoms with Crippen molar-refractivity contribution in [1.29, 1.82) is 0 Å². The summed E-state index contributed by atoms with van der Waals surface area (Å²) in [5.74, 6) is 4.73. The van der Waals surface area contributed by atoms with Crippen LogP contribution in [0.5, 0.6) is 0 Å². The highest BCUT2D eigenvalue weighted by Crippen LogP contribution is 2.25. The van der Waals surface area contributed by atoms with Crippen LogP contribution in [0.3, 0.4) is 0 Å². The van der Waals surface area contributed by atoms with Gasteiger partial charge in [0.2, 0.25) is 5.78 Å². The molecule has 0 saturated carbocycles. The molecule has 0 aromatic carbocycles. The molecule has 0 saturated heterocycles. The molecule has 1 aliphatic rings. The Morgan fingerprint density at radius 2 is 2.06 bits per heavy atom. The third-order valence-corrected chi connectivity index (χ3v) is 2.26. The number of ketones is 1. The zero-order valence-electron chi connectivity index (χ0n) is 9.61. The highest BCUT2D eigenvalue weighted by atomic mass is 16.4. The van der Waals surface area contributed by atoms with Gasteiger partial charge in [-0.15, -0.1) is 0 Å². The first-order valence-corrected chi connectivity index (χ1v) is 5.02. The van der Waals surface area contributed by atoms with Crippen molar-refractivity contribution in [2.75, 3.05) is 6.61 Å². The molecule has 0 fully saturated rings. The summed E-state index contributed by atoms with van der Waals surface area (Å²) in [5, 5.41) is 28.0. The van der Waals surface area contributed by atoms with E-state index in [9.17, 15) is 15.0 Å². The second kappa shape index (κ2) is 4.02. The molecule has 0 radical (unpaired) electrons. The molecule has 3 N–H and O–H groups in total. The summed E-state index contributed by atoms with van der Waals surface area (Å²) in [6, 6.07) is 0. The highest BCUT2D eigenvalue weighted by Gasteiger charge is 2.48. The smallest absolute Gasteiger partial charge is 0.207 e. The average Bonchev–Trinajstić information content (AvgIpc) is 2.39. The number of Topliss-reactive ketones (excluding diaryl/α,β-unsaturated/α-hetero) is 1. The van der Waals surface area contributed by atoms with Gasteiger partial charge in [0.15, 0.2) is 5.60 Å². The lowest BCUT2D eigenvalue weighted by Gasteiger charge is -2.21. The van der Waals surface area contributed by atoms with Crippen LogP contribution in [0.15, 0.2) is 11.6 Å². The summed E-state index contributed by atoms with van der Waals surface area (Å²) < 4.78 is 0. The van der Waals surface area contributed by atoms with E-state index in [2.05, 4.69) is 11.8 Å². The van der Waals surface area contributed by atoms with Crippen molar-refractivity contribution in [3.05, 3.63) is 11.6 Å². The minimum atomic E-state index is -2.12. The number of aliphatic hydroxyl groups is 3. The van der Waals surface area contributed by atoms with E-state index in [-0.39, 0.29) is 11.0 Å². The van der Waals surface area contributed by atoms with E-state index in [1.54, 1.807) is 0 Å². The number of carbonyl (C=O) groups excluding carboxylic acids is 1. The molecule has 1 rings (SSSR count). The lowest BCUT2D eigenvalue weighted by Crippen LogP contribution is -2.48. The first kappa shape index (κ1) is 12.9. The van der Waals surface area contributed by atoms with Crippen molar-refractivity contribution in [3.63, 3.8) is 0 Å². The SMILES string of the molecule is CC(C)(C)C#CC1=C[C@@H](O)[C@](O)(CO)C1=O. The zero-order valence-corrected chi connectivity index (χ0v) is 9.61. The van der Waals surface area contributed by atoms with E-state index in [4.69, 9.17) is 5.11 Å². The first-order chi connectivity index (χ1) is 7.20. The van der Waals surface area contributed by atoms with Gasteiger partial charge < -0.3 is 15.3 Å². The Morgan fingerprint density at radius 3 is 2.44 bits per heavy atom. The van der Waals surface area contributed by atoms with E-state index in [1.165, 1.54) is 6.08 Å². The van der Waals surface area contributed by atoms with Crippen molar-refractivity contribution in [2.24, 2.45) is 5.41 Å². The van der Waals surface area contributed by atoms with Crippen LogP contribution >= 0.6 is 0 Å². The fourth-order valence-electron chi connectivity index (χ4n) is 1.26. The second-order valence-electron chi connectivity index (χ2n) is 4.94. The van der Waals surface area contributed by atoms with Crippen LogP contribution in [0.4, 0.5) is 0 Å². The molecule has 0 spiro atoms. The average molecular weight is 224 g/mol. The monoisotopic (exact) mass is 224 g/mol. The van der Waals surface area contributed by atoms with E-state index in [0.29, 0.717) is 0 Å². The number of hydrogen-bond acceptors (Lipinski definition) is 4. The van der Waals surface area contributed by atoms with Gasteiger partial charge in [0.05, 0.1) is 12.2 Å². The molecule has 0 aromatic heterocycles. The lowest BCUT2D eigenvalue weighted by molar-refractivity contribution is -0.144. The fraction of sp³-hybridized carbons (Fsp3) is 0.583. The van der Waals surface area contributed by atoms with E-state index >= 15 is 0 Å². The summed E-state index contributed by atoms with van der Waals surface area (Å²) in [4.78, 5) is 11.6. The van der Waals surface area contributed by atoms with Gasteiger partial charge in [-0.25, -0.2) is 0 Å². The molecule has 0 bridgehead atoms. The van der Waals surface area contributed by atoms with Crippen LogP contribution in [0.1, 0.15) is 20.8 Å². The van der Waals surface area contributed by atoms with Crippen molar-refractivity contribution in [1.82, 2.24) is 0 Å². The molecule has 88 valence electrons. The summed E-state index contributed by atoms with van der Waals surface area (Å²) in [6.45, 7) is 4.84. The largest absolute Gasteiger partial charge is 0.393 e. The Balaban J connectivity index is 2.99. The number of rotatable bonds is 1. The van der Waals surface area contributed by atoms with Crippen LogP contribution in [0.2, 0.25) is 0 Å². The number of hydrogen-bond donors (Lipinski definition) is 3. The fourth-order valence-corrected chi connectivity index (χ4v) is 1.26. The predicted octanol–water partition coefficient (Wildman–Crippen LogP) is -0.371. The maximum absolute atomic E-state index is 11.6. The normalized spacial score (nSPS) is 29.8. The third-order valence-electron chi connectivity index (χ3n) is 2.26. The van der Waals surface area contributed by atoms with Gasteiger partial charge in [-0.3, -0.25) is 4.79 Å². The highest BCUT2D eigenvalue weighted by molar-refractivity contribution is 6.08. The number of carbonyl (C=O) groups is 1. The van der Waals surface area contributed by atoms with Crippen LogP contribution < -0.4 is 0 Å². The summed E-state index contributed by atoms with van der Waals surface area (Å²) in [6.07, 6.45) is -0.216. The molecule has 0 aromatic rings. The van der Waals surface area contributed by atoms with Gasteiger partial charge in [-0.1, -0.05) is 11.8 Å². The van der Waals surface area contributed by atoms with Gasteiger partial charge in [-0.2, -0.15) is 0 Å². The molecule has 4 nitrogen and oxygen atoms in total. The van der Waals surface area contributed by atoms with Crippen LogP contribution in [-0.2, 0) is 4.79 Å². The maximum Gasteiger partial charge on any atom is 0.207 e. The summed E-state index contributed by atoms with van der Waals surface area (Å²) >= 11 is 0. The Kier molecular flexibility index (Phi) is 3.25. The van der Waals surface area contributed by atoms with Crippen LogP contribution in [-0.4, -0.2) is 39.4 Å². The van der Waals surface area contributed by atoms with Gasteiger partial charge in [0, 0.05) is 5.41 Å². The summed E-state index contributed by atoms with van der Waals surface area (Å²) in [5.41, 5.74) is -2.34. The van der Waals surface area contributed by atoms with E-state index in [1.807, 2.05) is 20.8 Å². The van der Waals surface area contributed by atoms with E-state index < -0.39 is 24.1 Å². The standard InChI is InChI=1S/C12H16O4/c1-11(2,3)5-4-8-6-9(14)12(16,7-13)10(8)15/h6,9,13-14,16H,7H2,1-3H3/t9-,12-/m1/s1. The van der Waals surface area contributed by atoms with Gasteiger partial charge in [-0.05, 0) is 26.8 Å². The van der Waals surface area contributed by atoms with Gasteiger partial charge >= 0.3 is 0 Å². The molecule has 4 heteroatoms. The Morgan fingerprint density at radius 1 is 1.50 bits per heavy atom. The summed E-state index contributed by atoms with van der Waals surface area (Å²) in [7, 11) is 0. The van der Waals surface area contributed by atoms with Gasteiger partial charge in [0.1, 0.15) is 6.10 Å². The molecule has 0 heterocycles. The van der Waals surface area contributed by atoms with Crippen molar-refractivity contribution in [2.45, 2.75) is 32.5 Å². The molecule has 16 heavy (non-hydrogen) atoms. The Bertz CT molecular complexity index is 391. The molecular weight excluding hydrogens is 208 g/mol. The Labute approximate surface area is 94.6 Å². The minimum absolute atomic E-state index is 0.0546. The van der Waals surface area contributed by atoms with Crippen LogP contribution in [0, 0.1) is 17.3 Å². The number of aliphatic hydroxyl groups excluding tert-OH is 2. The van der Waals surface area contributed by atoms with Crippen molar-refractivity contribution < 1.29 is 20.1 Å². The molecule has 0 amide bonds.